The van der Waals surface area contributed by atoms with Gasteiger partial charge >= 0.3 is 7.12 Å². The molecular weight excluding hydrogens is 343 g/mol. The average molecular weight is 371 g/mol. The summed E-state index contributed by atoms with van der Waals surface area (Å²) in [7, 11) is -0.413. The van der Waals surface area contributed by atoms with Crippen LogP contribution in [0.1, 0.15) is 51.7 Å². The summed E-state index contributed by atoms with van der Waals surface area (Å²) in [6.07, 6.45) is 5.69. The third-order valence-corrected chi connectivity index (χ3v) is 6.67. The van der Waals surface area contributed by atoms with Gasteiger partial charge in [-0.05, 0) is 74.3 Å². The number of rotatable bonds is 5. The SMILES string of the molecule is C=CCC1(CC=C)c2[c]c(B3OC(C)(C)C(C)(C)O3)ccc2-c2ccccc21. The van der Waals surface area contributed by atoms with Gasteiger partial charge in [0.05, 0.1) is 11.2 Å². The second kappa shape index (κ2) is 6.47. The van der Waals surface area contributed by atoms with E-state index in [4.69, 9.17) is 9.31 Å². The van der Waals surface area contributed by atoms with Crippen LogP contribution < -0.4 is 5.46 Å². The van der Waals surface area contributed by atoms with E-state index in [-0.39, 0.29) is 16.6 Å². The second-order valence-electron chi connectivity index (χ2n) is 8.90. The molecule has 0 aromatic heterocycles. The summed E-state index contributed by atoms with van der Waals surface area (Å²) < 4.78 is 12.6. The number of allylic oxidation sites excluding steroid dienone is 2. The summed E-state index contributed by atoms with van der Waals surface area (Å²) in [6.45, 7) is 16.4. The molecule has 1 aliphatic heterocycles. The van der Waals surface area contributed by atoms with Gasteiger partial charge in [0, 0.05) is 5.41 Å². The fourth-order valence-corrected chi connectivity index (χ4v) is 4.49. The van der Waals surface area contributed by atoms with Crippen molar-refractivity contribution in [3.63, 3.8) is 0 Å². The van der Waals surface area contributed by atoms with Crippen LogP contribution in [0.4, 0.5) is 0 Å². The first-order valence-electron chi connectivity index (χ1n) is 10.00. The monoisotopic (exact) mass is 371 g/mol. The Kier molecular flexibility index (Phi) is 4.44. The minimum atomic E-state index is -0.413. The molecule has 0 N–H and O–H groups in total. The predicted molar refractivity (Wildman–Crippen MR) is 117 cm³/mol. The predicted octanol–water partition coefficient (Wildman–Crippen LogP) is 5.20. The highest BCUT2D eigenvalue weighted by atomic mass is 16.7. The second-order valence-corrected chi connectivity index (χ2v) is 8.90. The van der Waals surface area contributed by atoms with Crippen LogP contribution in [0.3, 0.4) is 0 Å². The number of hydrogen-bond acceptors (Lipinski definition) is 2. The highest BCUT2D eigenvalue weighted by Gasteiger charge is 2.52. The van der Waals surface area contributed by atoms with Crippen molar-refractivity contribution in [3.8, 4) is 11.1 Å². The first kappa shape index (κ1) is 19.2. The van der Waals surface area contributed by atoms with Gasteiger partial charge in [0.25, 0.3) is 0 Å². The molecule has 1 saturated heterocycles. The number of fused-ring (bicyclic) bond motifs is 3. The van der Waals surface area contributed by atoms with Crippen LogP contribution in [0.25, 0.3) is 11.1 Å². The largest absolute Gasteiger partial charge is 0.495 e. The Balaban J connectivity index is 1.86. The van der Waals surface area contributed by atoms with Crippen LogP contribution in [0, 0.1) is 6.07 Å². The molecule has 2 aromatic carbocycles. The Morgan fingerprint density at radius 3 is 2.11 bits per heavy atom. The molecule has 2 aromatic rings. The van der Waals surface area contributed by atoms with E-state index in [2.05, 4.69) is 83.3 Å². The minimum absolute atomic E-state index is 0.185. The molecule has 0 unspecified atom stereocenters. The summed E-state index contributed by atoms with van der Waals surface area (Å²) >= 11 is 0. The van der Waals surface area contributed by atoms with Crippen molar-refractivity contribution in [1.82, 2.24) is 0 Å². The normalized spacial score (nSPS) is 20.5. The topological polar surface area (TPSA) is 18.5 Å². The summed E-state index contributed by atoms with van der Waals surface area (Å²) in [5, 5.41) is 0. The Hall–Kier alpha value is -2.10. The van der Waals surface area contributed by atoms with Crippen molar-refractivity contribution in [3.05, 3.63) is 78.9 Å². The first-order valence-corrected chi connectivity index (χ1v) is 10.00. The van der Waals surface area contributed by atoms with Gasteiger partial charge in [0.15, 0.2) is 0 Å². The minimum Gasteiger partial charge on any atom is -0.399 e. The Bertz CT molecular complexity index is 915. The Morgan fingerprint density at radius 1 is 0.893 bits per heavy atom. The first-order chi connectivity index (χ1) is 13.3. The van der Waals surface area contributed by atoms with E-state index in [1.165, 1.54) is 22.3 Å². The molecule has 0 bridgehead atoms. The molecule has 2 aliphatic rings. The summed E-state index contributed by atoms with van der Waals surface area (Å²) in [5.41, 5.74) is 5.06. The highest BCUT2D eigenvalue weighted by molar-refractivity contribution is 6.62. The van der Waals surface area contributed by atoms with Crippen LogP contribution in [0.15, 0.2) is 61.7 Å². The van der Waals surface area contributed by atoms with Gasteiger partial charge in [-0.25, -0.2) is 0 Å². The summed E-state index contributed by atoms with van der Waals surface area (Å²) in [4.78, 5) is 0. The lowest BCUT2D eigenvalue weighted by Crippen LogP contribution is -2.41. The van der Waals surface area contributed by atoms with Crippen molar-refractivity contribution < 1.29 is 9.31 Å². The number of hydrogen-bond donors (Lipinski definition) is 0. The summed E-state index contributed by atoms with van der Waals surface area (Å²) in [5.74, 6) is 0. The molecule has 143 valence electrons. The zero-order chi connectivity index (χ0) is 20.2. The molecule has 0 spiro atoms. The average Bonchev–Trinajstić information content (AvgIpc) is 3.04. The van der Waals surface area contributed by atoms with Crippen LogP contribution in [0.2, 0.25) is 0 Å². The molecule has 4 rings (SSSR count). The standard InChI is InChI=1S/C25H28BO2/c1-7-15-25(16-8-2)21-12-10-9-11-19(21)20-14-13-18(17-22(20)25)26-27-23(3,4)24(5,6)28-26/h7-14H,1-2,15-16H2,3-6H3. The van der Waals surface area contributed by atoms with Gasteiger partial charge in [-0.1, -0.05) is 48.6 Å². The van der Waals surface area contributed by atoms with Crippen molar-refractivity contribution >= 4 is 12.6 Å². The van der Waals surface area contributed by atoms with Gasteiger partial charge in [0.2, 0.25) is 0 Å². The van der Waals surface area contributed by atoms with Gasteiger partial charge in [-0.2, -0.15) is 0 Å². The third kappa shape index (κ3) is 2.64. The quantitative estimate of drug-likeness (QED) is 0.531. The molecule has 2 nitrogen and oxygen atoms in total. The zero-order valence-electron chi connectivity index (χ0n) is 17.3. The Morgan fingerprint density at radius 2 is 1.50 bits per heavy atom. The molecule has 1 radical (unpaired) electrons. The maximum atomic E-state index is 6.28. The molecule has 1 heterocycles. The van der Waals surface area contributed by atoms with Crippen molar-refractivity contribution in [2.75, 3.05) is 0 Å². The fourth-order valence-electron chi connectivity index (χ4n) is 4.49. The van der Waals surface area contributed by atoms with E-state index < -0.39 is 7.12 Å². The van der Waals surface area contributed by atoms with E-state index in [0.29, 0.717) is 0 Å². The molecule has 28 heavy (non-hydrogen) atoms. The zero-order valence-corrected chi connectivity index (χ0v) is 17.3. The summed E-state index contributed by atoms with van der Waals surface area (Å²) in [6, 6.07) is 16.6. The molecule has 0 saturated carbocycles. The molecular formula is C25H28BO2. The molecule has 0 atom stereocenters. The number of benzene rings is 2. The molecule has 1 aliphatic carbocycles. The van der Waals surface area contributed by atoms with Crippen LogP contribution in [-0.2, 0) is 14.7 Å². The Labute approximate surface area is 169 Å². The van der Waals surface area contributed by atoms with Gasteiger partial charge in [0.1, 0.15) is 0 Å². The van der Waals surface area contributed by atoms with E-state index in [9.17, 15) is 0 Å². The van der Waals surface area contributed by atoms with Crippen LogP contribution >= 0.6 is 0 Å². The van der Waals surface area contributed by atoms with Crippen LogP contribution in [0.5, 0.6) is 0 Å². The van der Waals surface area contributed by atoms with Crippen molar-refractivity contribution in [2.24, 2.45) is 0 Å². The van der Waals surface area contributed by atoms with E-state index in [1.54, 1.807) is 0 Å². The van der Waals surface area contributed by atoms with Crippen molar-refractivity contribution in [2.45, 2.75) is 57.2 Å². The molecule has 0 amide bonds. The maximum Gasteiger partial charge on any atom is 0.495 e. The lowest BCUT2D eigenvalue weighted by molar-refractivity contribution is 0.00578. The molecule has 1 fully saturated rings. The van der Waals surface area contributed by atoms with E-state index in [0.717, 1.165) is 18.3 Å². The van der Waals surface area contributed by atoms with E-state index >= 15 is 0 Å². The van der Waals surface area contributed by atoms with Crippen molar-refractivity contribution in [1.29, 1.82) is 0 Å². The smallest absolute Gasteiger partial charge is 0.399 e. The molecule has 3 heteroatoms. The maximum absolute atomic E-state index is 6.28. The van der Waals surface area contributed by atoms with Gasteiger partial charge < -0.3 is 9.31 Å². The highest BCUT2D eigenvalue weighted by Crippen LogP contribution is 2.52. The fraction of sp³-hybridized carbons (Fsp3) is 0.360. The van der Waals surface area contributed by atoms with E-state index in [1.807, 2.05) is 12.2 Å². The van der Waals surface area contributed by atoms with Crippen LogP contribution in [-0.4, -0.2) is 18.3 Å². The van der Waals surface area contributed by atoms with Gasteiger partial charge in [-0.15, -0.1) is 13.2 Å². The lowest BCUT2D eigenvalue weighted by Gasteiger charge is -2.32. The lowest BCUT2D eigenvalue weighted by atomic mass is 9.70. The van der Waals surface area contributed by atoms with Gasteiger partial charge in [-0.3, -0.25) is 0 Å². The third-order valence-electron chi connectivity index (χ3n) is 6.67.